The zero-order valence-electron chi connectivity index (χ0n) is 17.4. The molecule has 1 unspecified atom stereocenters. The molecule has 0 aromatic heterocycles. The molecule has 3 N–H and O–H groups in total. The van der Waals surface area contributed by atoms with Crippen molar-refractivity contribution in [1.82, 2.24) is 0 Å². The topological polar surface area (TPSA) is 151 Å². The Hall–Kier alpha value is -3.14. The predicted molar refractivity (Wildman–Crippen MR) is 104 cm³/mol. The normalized spacial score (nSPS) is 13.5. The maximum atomic E-state index is 11.8. The first-order valence-electron chi connectivity index (χ1n) is 9.32. The van der Waals surface area contributed by atoms with Gasteiger partial charge < -0.3 is 29.8 Å². The Balaban J connectivity index is 3.02. The number of carboxylic acid groups (broad SMARTS) is 1. The van der Waals surface area contributed by atoms with Crippen molar-refractivity contribution < 1.29 is 43.2 Å². The van der Waals surface area contributed by atoms with Crippen molar-refractivity contribution in [3.05, 3.63) is 23.8 Å². The first-order chi connectivity index (χ1) is 14.0. The summed E-state index contributed by atoms with van der Waals surface area (Å²) in [7, 11) is 0. The maximum Gasteiger partial charge on any atom is 0.508 e. The zero-order chi connectivity index (χ0) is 22.9. The van der Waals surface area contributed by atoms with E-state index in [4.69, 9.17) is 24.7 Å². The lowest BCUT2D eigenvalue weighted by atomic mass is 9.86. The van der Waals surface area contributed by atoms with Gasteiger partial charge in [0.2, 0.25) is 0 Å². The number of hydrogen-bond donors (Lipinski definition) is 2. The molecule has 0 radical (unpaired) electrons. The molecule has 30 heavy (non-hydrogen) atoms. The molecule has 0 aliphatic heterocycles. The van der Waals surface area contributed by atoms with Gasteiger partial charge in [-0.05, 0) is 31.0 Å². The van der Waals surface area contributed by atoms with E-state index in [0.717, 1.165) is 0 Å². The third-order valence-corrected chi connectivity index (χ3v) is 3.83. The van der Waals surface area contributed by atoms with E-state index in [9.17, 15) is 24.3 Å². The molecule has 0 heterocycles. The van der Waals surface area contributed by atoms with E-state index in [1.54, 1.807) is 0 Å². The molecule has 1 rings (SSSR count). The molecular weight excluding hydrogens is 398 g/mol. The summed E-state index contributed by atoms with van der Waals surface area (Å²) in [6, 6.07) is 4.24. The Kier molecular flexibility index (Phi) is 9.25. The fourth-order valence-corrected chi connectivity index (χ4v) is 2.67. The highest BCUT2D eigenvalue weighted by Gasteiger charge is 2.37. The number of carboxylic acids is 1. The van der Waals surface area contributed by atoms with Crippen LogP contribution in [0.5, 0.6) is 11.5 Å². The monoisotopic (exact) mass is 425 g/mol. The van der Waals surface area contributed by atoms with Crippen molar-refractivity contribution in [3.8, 4) is 11.5 Å². The summed E-state index contributed by atoms with van der Waals surface area (Å²) >= 11 is 0. The number of carbonyl (C=O) groups excluding carboxylic acids is 3. The molecule has 10 heteroatoms. The average molecular weight is 425 g/mol. The second-order valence-corrected chi connectivity index (χ2v) is 6.84. The van der Waals surface area contributed by atoms with Crippen molar-refractivity contribution >= 4 is 24.1 Å². The van der Waals surface area contributed by atoms with E-state index in [-0.39, 0.29) is 30.9 Å². The second-order valence-electron chi connectivity index (χ2n) is 6.84. The lowest BCUT2D eigenvalue weighted by Crippen LogP contribution is -2.52. The van der Waals surface area contributed by atoms with Crippen molar-refractivity contribution in [2.45, 2.75) is 58.6 Å². The van der Waals surface area contributed by atoms with Crippen molar-refractivity contribution in [3.63, 3.8) is 0 Å². The highest BCUT2D eigenvalue weighted by molar-refractivity contribution is 5.79. The molecule has 0 spiro atoms. The number of aliphatic carboxylic acids is 1. The van der Waals surface area contributed by atoms with Gasteiger partial charge in [-0.1, -0.05) is 13.0 Å². The molecule has 1 aromatic rings. The van der Waals surface area contributed by atoms with E-state index in [1.807, 2.05) is 6.92 Å². The third kappa shape index (κ3) is 8.08. The Bertz CT molecular complexity index is 792. The minimum Gasteiger partial charge on any atom is -0.480 e. The van der Waals surface area contributed by atoms with Crippen LogP contribution in [0.2, 0.25) is 0 Å². The highest BCUT2D eigenvalue weighted by atomic mass is 16.7. The first-order valence-corrected chi connectivity index (χ1v) is 9.32. The van der Waals surface area contributed by atoms with Crippen LogP contribution >= 0.6 is 0 Å². The van der Waals surface area contributed by atoms with Crippen LogP contribution in [0.4, 0.5) is 4.79 Å². The van der Waals surface area contributed by atoms with Crippen LogP contribution in [0.15, 0.2) is 18.2 Å². The van der Waals surface area contributed by atoms with Gasteiger partial charge in [0, 0.05) is 26.7 Å². The Morgan fingerprint density at radius 1 is 1.10 bits per heavy atom. The largest absolute Gasteiger partial charge is 0.508 e. The Labute approximate surface area is 174 Å². The number of nitrogens with two attached hydrogens (primary N) is 1. The molecule has 0 saturated heterocycles. The lowest BCUT2D eigenvalue weighted by Gasteiger charge is -2.28. The van der Waals surface area contributed by atoms with Crippen molar-refractivity contribution in [2.75, 3.05) is 6.61 Å². The fraction of sp³-hybridized carbons (Fsp3) is 0.500. The van der Waals surface area contributed by atoms with E-state index < -0.39 is 35.7 Å². The van der Waals surface area contributed by atoms with E-state index in [1.165, 1.54) is 39.0 Å². The summed E-state index contributed by atoms with van der Waals surface area (Å²) < 4.78 is 19.9. The smallest absolute Gasteiger partial charge is 0.480 e. The first kappa shape index (κ1) is 24.9. The number of carbonyl (C=O) groups is 4. The van der Waals surface area contributed by atoms with Gasteiger partial charge in [0.25, 0.3) is 0 Å². The van der Waals surface area contributed by atoms with E-state index in [2.05, 4.69) is 0 Å². The summed E-state index contributed by atoms with van der Waals surface area (Å²) in [4.78, 5) is 46.0. The van der Waals surface area contributed by atoms with Gasteiger partial charge in [0.05, 0.1) is 6.61 Å². The van der Waals surface area contributed by atoms with E-state index >= 15 is 0 Å². The number of esters is 2. The minimum atomic E-state index is -1.79. The van der Waals surface area contributed by atoms with Crippen LogP contribution in [0.25, 0.3) is 0 Å². The molecule has 0 aliphatic rings. The number of hydrogen-bond acceptors (Lipinski definition) is 9. The van der Waals surface area contributed by atoms with Gasteiger partial charge in [-0.3, -0.25) is 14.4 Å². The Morgan fingerprint density at radius 3 is 2.23 bits per heavy atom. The standard InChI is InChI=1S/C20H27NO9/c1-5-8-27-19(26)28-12(2)10-20(21,18(24)25)11-15-6-7-16(29-13(3)22)17(9-15)30-14(4)23/h6-7,9,12H,5,8,10-11,21H2,1-4H3,(H,24,25)/t12-,20?/m0/s1. The highest BCUT2D eigenvalue weighted by Crippen LogP contribution is 2.31. The third-order valence-electron chi connectivity index (χ3n) is 3.83. The summed E-state index contributed by atoms with van der Waals surface area (Å²) in [5.41, 5.74) is 4.71. The van der Waals surface area contributed by atoms with Gasteiger partial charge >= 0.3 is 24.1 Å². The van der Waals surface area contributed by atoms with Gasteiger partial charge in [-0.2, -0.15) is 0 Å². The van der Waals surface area contributed by atoms with Crippen LogP contribution in [-0.2, 0) is 30.3 Å². The summed E-state index contributed by atoms with van der Waals surface area (Å²) in [5.74, 6) is -2.61. The van der Waals surface area contributed by atoms with Crippen molar-refractivity contribution in [1.29, 1.82) is 0 Å². The van der Waals surface area contributed by atoms with Gasteiger partial charge in [0.15, 0.2) is 11.5 Å². The Morgan fingerprint density at radius 2 is 1.70 bits per heavy atom. The molecule has 0 aliphatic carbocycles. The SMILES string of the molecule is CCCOC(=O)O[C@@H](C)CC(N)(Cc1ccc(OC(C)=O)c(OC(C)=O)c1)C(=O)O. The number of ether oxygens (including phenoxy) is 4. The average Bonchev–Trinajstić information content (AvgIpc) is 2.60. The molecule has 0 bridgehead atoms. The summed E-state index contributed by atoms with van der Waals surface area (Å²) in [5, 5.41) is 9.66. The fourth-order valence-electron chi connectivity index (χ4n) is 2.67. The predicted octanol–water partition coefficient (Wildman–Crippen LogP) is 2.20. The van der Waals surface area contributed by atoms with Crippen LogP contribution in [-0.4, -0.2) is 47.4 Å². The number of benzene rings is 1. The van der Waals surface area contributed by atoms with Crippen molar-refractivity contribution in [2.24, 2.45) is 5.73 Å². The minimum absolute atomic E-state index is 0.00904. The maximum absolute atomic E-state index is 11.8. The number of rotatable bonds is 10. The van der Waals surface area contributed by atoms with E-state index in [0.29, 0.717) is 12.0 Å². The molecule has 1 aromatic carbocycles. The van der Waals surface area contributed by atoms with Gasteiger partial charge in [0.1, 0.15) is 11.6 Å². The van der Waals surface area contributed by atoms with Gasteiger partial charge in [-0.25, -0.2) is 4.79 Å². The van der Waals surface area contributed by atoms with Gasteiger partial charge in [-0.15, -0.1) is 0 Å². The molecule has 0 fully saturated rings. The molecule has 10 nitrogen and oxygen atoms in total. The molecule has 166 valence electrons. The molecular formula is C20H27NO9. The summed E-state index contributed by atoms with van der Waals surface area (Å²) in [6.07, 6.45) is -1.48. The molecule has 2 atom stereocenters. The van der Waals surface area contributed by atoms with Crippen LogP contribution < -0.4 is 15.2 Å². The second kappa shape index (κ2) is 11.1. The van der Waals surface area contributed by atoms with Crippen LogP contribution in [0, 0.1) is 0 Å². The molecule has 0 saturated carbocycles. The zero-order valence-corrected chi connectivity index (χ0v) is 17.4. The molecule has 0 amide bonds. The summed E-state index contributed by atoms with van der Waals surface area (Å²) in [6.45, 7) is 5.87. The lowest BCUT2D eigenvalue weighted by molar-refractivity contribution is -0.144. The van der Waals surface area contributed by atoms with Crippen LogP contribution in [0.1, 0.15) is 46.1 Å². The van der Waals surface area contributed by atoms with Crippen LogP contribution in [0.3, 0.4) is 0 Å². The quantitative estimate of drug-likeness (QED) is 0.421.